The summed E-state index contributed by atoms with van der Waals surface area (Å²) in [6.45, 7) is 4.57. The number of hydrogen-bond acceptors (Lipinski definition) is 4. The van der Waals surface area contributed by atoms with Gasteiger partial charge in [0.1, 0.15) is 0 Å². The molecule has 1 saturated heterocycles. The van der Waals surface area contributed by atoms with E-state index >= 15 is 0 Å². The zero-order chi connectivity index (χ0) is 25.2. The average Bonchev–Trinajstić information content (AvgIpc) is 3.23. The van der Waals surface area contributed by atoms with Crippen LogP contribution in [0.3, 0.4) is 0 Å². The molecule has 35 heavy (non-hydrogen) atoms. The number of benzene rings is 1. The van der Waals surface area contributed by atoms with E-state index in [9.17, 15) is 18.0 Å². The zero-order valence-corrected chi connectivity index (χ0v) is 20.3. The SMILES string of the molecule is NC(=O)N(CCCCN1CCN(c2cccc(Cl)c2Cl)CC1)c1cc2cc(C(F)(F)F)ccn2n1. The van der Waals surface area contributed by atoms with E-state index in [1.165, 1.54) is 21.7 Å². The van der Waals surface area contributed by atoms with E-state index in [0.717, 1.165) is 57.0 Å². The molecule has 1 aliphatic heterocycles. The highest BCUT2D eigenvalue weighted by Gasteiger charge is 2.31. The Hall–Kier alpha value is -2.69. The standard InChI is InChI=1S/C23H25Cl2F3N6O/c24-18-4-3-5-19(21(18)25)32-12-10-31(11-13-32)7-1-2-8-33(22(29)35)20-15-17-14-16(23(26,27)28)6-9-34(17)30-20/h3-6,9,14-15H,1-2,7-8,10-13H2,(H2,29,35). The monoisotopic (exact) mass is 528 g/mol. The van der Waals surface area contributed by atoms with Crippen molar-refractivity contribution in [3.05, 3.63) is 58.2 Å². The molecule has 0 saturated carbocycles. The van der Waals surface area contributed by atoms with Crippen molar-refractivity contribution in [2.45, 2.75) is 19.0 Å². The number of halogens is 5. The third-order valence-electron chi connectivity index (χ3n) is 6.07. The number of primary amides is 1. The number of amides is 2. The van der Waals surface area contributed by atoms with Crippen molar-refractivity contribution in [3.8, 4) is 0 Å². The first-order valence-electron chi connectivity index (χ1n) is 11.2. The van der Waals surface area contributed by atoms with Crippen LogP contribution >= 0.6 is 23.2 Å². The molecular weight excluding hydrogens is 504 g/mol. The first-order valence-corrected chi connectivity index (χ1v) is 11.9. The molecular formula is C23H25Cl2F3N6O. The van der Waals surface area contributed by atoms with Crippen molar-refractivity contribution in [3.63, 3.8) is 0 Å². The number of pyridine rings is 1. The van der Waals surface area contributed by atoms with Crippen LogP contribution in [0.25, 0.3) is 5.52 Å². The van der Waals surface area contributed by atoms with Crippen LogP contribution in [-0.4, -0.2) is 59.8 Å². The molecule has 2 aromatic heterocycles. The molecule has 0 radical (unpaired) electrons. The summed E-state index contributed by atoms with van der Waals surface area (Å²) in [5, 5.41) is 5.32. The largest absolute Gasteiger partial charge is 0.416 e. The average molecular weight is 529 g/mol. The van der Waals surface area contributed by atoms with Gasteiger partial charge in [0.25, 0.3) is 0 Å². The number of anilines is 2. The molecule has 2 N–H and O–H groups in total. The number of nitrogens with two attached hydrogens (primary N) is 1. The van der Waals surface area contributed by atoms with Crippen LogP contribution in [-0.2, 0) is 6.18 Å². The van der Waals surface area contributed by atoms with Crippen molar-refractivity contribution in [2.75, 3.05) is 49.1 Å². The van der Waals surface area contributed by atoms with Crippen molar-refractivity contribution < 1.29 is 18.0 Å². The minimum absolute atomic E-state index is 0.226. The normalized spacial score (nSPS) is 15.1. The number of carbonyl (C=O) groups is 1. The molecule has 0 unspecified atom stereocenters. The predicted octanol–water partition coefficient (Wildman–Crippen LogP) is 5.15. The Kier molecular flexibility index (Phi) is 7.63. The maximum atomic E-state index is 13.0. The fourth-order valence-electron chi connectivity index (χ4n) is 4.18. The highest BCUT2D eigenvalue weighted by molar-refractivity contribution is 6.43. The molecule has 0 spiro atoms. The summed E-state index contributed by atoms with van der Waals surface area (Å²) in [5.41, 5.74) is 5.92. The second kappa shape index (κ2) is 10.5. The Morgan fingerprint density at radius 1 is 1.09 bits per heavy atom. The molecule has 2 amide bonds. The first-order chi connectivity index (χ1) is 16.6. The van der Waals surface area contributed by atoms with Crippen molar-refractivity contribution in [1.82, 2.24) is 14.5 Å². The van der Waals surface area contributed by atoms with E-state index < -0.39 is 17.8 Å². The van der Waals surface area contributed by atoms with E-state index in [4.69, 9.17) is 28.9 Å². The molecule has 3 aromatic rings. The van der Waals surface area contributed by atoms with E-state index in [1.54, 1.807) is 6.07 Å². The van der Waals surface area contributed by atoms with E-state index in [0.29, 0.717) is 23.0 Å². The lowest BCUT2D eigenvalue weighted by molar-refractivity contribution is -0.137. The Bertz CT molecular complexity index is 1190. The second-order valence-corrected chi connectivity index (χ2v) is 9.17. The molecule has 4 rings (SSSR count). The quantitative estimate of drug-likeness (QED) is 0.430. The lowest BCUT2D eigenvalue weighted by atomic mass is 10.2. The van der Waals surface area contributed by atoms with Crippen LogP contribution in [0.4, 0.5) is 29.5 Å². The van der Waals surface area contributed by atoms with Gasteiger partial charge in [-0.25, -0.2) is 9.31 Å². The molecule has 3 heterocycles. The number of fused-ring (bicyclic) bond motifs is 1. The smallest absolute Gasteiger partial charge is 0.368 e. The molecule has 7 nitrogen and oxygen atoms in total. The first kappa shape index (κ1) is 25.4. The van der Waals surface area contributed by atoms with Gasteiger partial charge in [0.2, 0.25) is 0 Å². The van der Waals surface area contributed by atoms with Crippen LogP contribution in [0.1, 0.15) is 18.4 Å². The minimum Gasteiger partial charge on any atom is -0.368 e. The summed E-state index contributed by atoms with van der Waals surface area (Å²) in [7, 11) is 0. The number of piperazine rings is 1. The number of urea groups is 1. The van der Waals surface area contributed by atoms with Gasteiger partial charge in [-0.3, -0.25) is 9.80 Å². The molecule has 188 valence electrons. The van der Waals surface area contributed by atoms with Crippen LogP contribution in [0, 0.1) is 0 Å². The highest BCUT2D eigenvalue weighted by atomic mass is 35.5. The third-order valence-corrected chi connectivity index (χ3v) is 6.88. The van der Waals surface area contributed by atoms with Gasteiger partial charge in [-0.05, 0) is 43.7 Å². The molecule has 1 aliphatic rings. The Morgan fingerprint density at radius 2 is 1.83 bits per heavy atom. The van der Waals surface area contributed by atoms with Gasteiger partial charge >= 0.3 is 12.2 Å². The molecule has 1 fully saturated rings. The summed E-state index contributed by atoms with van der Waals surface area (Å²) >= 11 is 12.5. The van der Waals surface area contributed by atoms with Crippen LogP contribution in [0.5, 0.6) is 0 Å². The number of nitrogens with zero attached hydrogens (tertiary/aromatic N) is 5. The van der Waals surface area contributed by atoms with Crippen LogP contribution < -0.4 is 15.5 Å². The van der Waals surface area contributed by atoms with Gasteiger partial charge in [-0.15, -0.1) is 5.10 Å². The van der Waals surface area contributed by atoms with Gasteiger partial charge in [-0.2, -0.15) is 13.2 Å². The van der Waals surface area contributed by atoms with Crippen molar-refractivity contribution in [1.29, 1.82) is 0 Å². The van der Waals surface area contributed by atoms with E-state index in [-0.39, 0.29) is 11.3 Å². The molecule has 1 aromatic carbocycles. The summed E-state index contributed by atoms with van der Waals surface area (Å²) in [5.74, 6) is 0.226. The van der Waals surface area contributed by atoms with Crippen LogP contribution in [0.15, 0.2) is 42.6 Å². The van der Waals surface area contributed by atoms with Crippen molar-refractivity contribution >= 4 is 46.3 Å². The second-order valence-electron chi connectivity index (χ2n) is 8.38. The molecule has 0 aliphatic carbocycles. The summed E-state index contributed by atoms with van der Waals surface area (Å²) in [6.07, 6.45) is -1.74. The fourth-order valence-corrected chi connectivity index (χ4v) is 4.60. The minimum atomic E-state index is -4.46. The Balaban J connectivity index is 1.29. The Labute approximate surface area is 210 Å². The maximum Gasteiger partial charge on any atom is 0.416 e. The van der Waals surface area contributed by atoms with Gasteiger partial charge in [0.15, 0.2) is 5.82 Å². The van der Waals surface area contributed by atoms with Gasteiger partial charge < -0.3 is 10.6 Å². The topological polar surface area (TPSA) is 70.1 Å². The summed E-state index contributed by atoms with van der Waals surface area (Å²) in [6, 6.07) is 8.29. The summed E-state index contributed by atoms with van der Waals surface area (Å²) < 4.78 is 40.2. The van der Waals surface area contributed by atoms with E-state index in [1.807, 2.05) is 12.1 Å². The molecule has 0 bridgehead atoms. The number of rotatable bonds is 7. The van der Waals surface area contributed by atoms with Gasteiger partial charge in [0, 0.05) is 45.0 Å². The molecule has 12 heteroatoms. The van der Waals surface area contributed by atoms with Crippen molar-refractivity contribution in [2.24, 2.45) is 5.73 Å². The van der Waals surface area contributed by atoms with Gasteiger partial charge in [0.05, 0.1) is 26.8 Å². The number of hydrogen-bond donors (Lipinski definition) is 1. The van der Waals surface area contributed by atoms with Crippen LogP contribution in [0.2, 0.25) is 10.0 Å². The Morgan fingerprint density at radius 3 is 2.51 bits per heavy atom. The lowest BCUT2D eigenvalue weighted by Gasteiger charge is -2.36. The number of alkyl halides is 3. The van der Waals surface area contributed by atoms with E-state index in [2.05, 4.69) is 14.9 Å². The number of unbranched alkanes of at least 4 members (excludes halogenated alkanes) is 1. The summed E-state index contributed by atoms with van der Waals surface area (Å²) in [4.78, 5) is 17.9. The zero-order valence-electron chi connectivity index (χ0n) is 18.8. The highest BCUT2D eigenvalue weighted by Crippen LogP contribution is 2.33. The fraction of sp³-hybridized carbons (Fsp3) is 0.391. The lowest BCUT2D eigenvalue weighted by Crippen LogP contribution is -2.46. The number of carbonyl (C=O) groups excluding carboxylic acids is 1. The predicted molar refractivity (Wildman–Crippen MR) is 131 cm³/mol. The van der Waals surface area contributed by atoms with Gasteiger partial charge in [-0.1, -0.05) is 29.3 Å². The molecule has 0 atom stereocenters. The third kappa shape index (κ3) is 5.94. The number of aromatic nitrogens is 2. The maximum absolute atomic E-state index is 13.0.